The number of carbonyl (C=O) groups excluding carboxylic acids is 1. The molecule has 0 amide bonds. The Hall–Kier alpha value is -0.830. The number of allylic oxidation sites excluding steroid dienone is 1. The van der Waals surface area contributed by atoms with Crippen LogP contribution >= 0.6 is 0 Å². The van der Waals surface area contributed by atoms with Gasteiger partial charge in [-0.25, -0.2) is 0 Å². The Morgan fingerprint density at radius 2 is 2.50 bits per heavy atom. The summed E-state index contributed by atoms with van der Waals surface area (Å²) in [6, 6.07) is 0. The molecule has 0 aromatic carbocycles. The second-order valence-electron chi connectivity index (χ2n) is 2.85. The van der Waals surface area contributed by atoms with Gasteiger partial charge in [0.2, 0.25) is 0 Å². The normalized spacial score (nSPS) is 28.5. The van der Waals surface area contributed by atoms with E-state index in [1.165, 1.54) is 0 Å². The van der Waals surface area contributed by atoms with Gasteiger partial charge in [0.05, 0.1) is 18.6 Å². The zero-order valence-electron chi connectivity index (χ0n) is 7.19. The molecule has 1 aliphatic rings. The topological polar surface area (TPSA) is 46.5 Å². The van der Waals surface area contributed by atoms with Gasteiger partial charge in [0.15, 0.2) is 0 Å². The highest BCUT2D eigenvalue weighted by Crippen LogP contribution is 2.19. The molecular formula is C9H14O3. The summed E-state index contributed by atoms with van der Waals surface area (Å²) in [4.78, 5) is 11.2. The Bertz CT molecular complexity index is 186. The zero-order valence-corrected chi connectivity index (χ0v) is 7.19. The third-order valence-electron chi connectivity index (χ3n) is 1.98. The Kier molecular flexibility index (Phi) is 3.29. The lowest BCUT2D eigenvalue weighted by atomic mass is 9.92. The Balaban J connectivity index is 2.50. The standard InChI is InChI=1S/C9H14O3/c1-2-12-9(11)7-5-3-4-6-8(7)10/h4,6-8,10H,2-3,5H2,1H3. The molecule has 1 N–H and O–H groups in total. The van der Waals surface area contributed by atoms with Crippen LogP contribution in [-0.4, -0.2) is 23.8 Å². The quantitative estimate of drug-likeness (QED) is 0.494. The molecule has 68 valence electrons. The summed E-state index contributed by atoms with van der Waals surface area (Å²) in [6.45, 7) is 2.15. The molecule has 2 unspecified atom stereocenters. The van der Waals surface area contributed by atoms with Crippen LogP contribution in [0.2, 0.25) is 0 Å². The molecule has 0 aromatic rings. The average molecular weight is 170 g/mol. The Labute approximate surface area is 72.0 Å². The predicted molar refractivity (Wildman–Crippen MR) is 44.5 cm³/mol. The summed E-state index contributed by atoms with van der Waals surface area (Å²) in [7, 11) is 0. The Morgan fingerprint density at radius 1 is 1.75 bits per heavy atom. The monoisotopic (exact) mass is 170 g/mol. The molecule has 1 rings (SSSR count). The third-order valence-corrected chi connectivity index (χ3v) is 1.98. The van der Waals surface area contributed by atoms with Crippen molar-refractivity contribution < 1.29 is 14.6 Å². The maximum Gasteiger partial charge on any atom is 0.311 e. The minimum Gasteiger partial charge on any atom is -0.466 e. The minimum absolute atomic E-state index is 0.283. The molecule has 0 bridgehead atoms. The zero-order chi connectivity index (χ0) is 8.97. The van der Waals surface area contributed by atoms with E-state index in [0.29, 0.717) is 13.0 Å². The van der Waals surface area contributed by atoms with Gasteiger partial charge in [0.1, 0.15) is 0 Å². The molecule has 0 aliphatic heterocycles. The molecule has 0 spiro atoms. The van der Waals surface area contributed by atoms with Crippen molar-refractivity contribution in [2.24, 2.45) is 5.92 Å². The van der Waals surface area contributed by atoms with Crippen LogP contribution in [0.3, 0.4) is 0 Å². The van der Waals surface area contributed by atoms with E-state index >= 15 is 0 Å². The summed E-state index contributed by atoms with van der Waals surface area (Å²) in [5.41, 5.74) is 0. The van der Waals surface area contributed by atoms with Gasteiger partial charge in [-0.2, -0.15) is 0 Å². The van der Waals surface area contributed by atoms with Gasteiger partial charge in [-0.05, 0) is 19.8 Å². The smallest absolute Gasteiger partial charge is 0.311 e. The molecule has 0 saturated carbocycles. The van der Waals surface area contributed by atoms with E-state index in [1.807, 2.05) is 6.08 Å². The fourth-order valence-electron chi connectivity index (χ4n) is 1.32. The van der Waals surface area contributed by atoms with Gasteiger partial charge in [0.25, 0.3) is 0 Å². The SMILES string of the molecule is CCOC(=O)C1CCC=CC1O. The second kappa shape index (κ2) is 4.26. The largest absolute Gasteiger partial charge is 0.466 e. The molecule has 0 fully saturated rings. The molecule has 0 saturated heterocycles. The first-order valence-corrected chi connectivity index (χ1v) is 4.27. The first-order valence-electron chi connectivity index (χ1n) is 4.27. The highest BCUT2D eigenvalue weighted by Gasteiger charge is 2.27. The van der Waals surface area contributed by atoms with E-state index in [4.69, 9.17) is 4.74 Å². The van der Waals surface area contributed by atoms with Gasteiger partial charge in [-0.15, -0.1) is 0 Å². The van der Waals surface area contributed by atoms with Gasteiger partial charge in [-0.1, -0.05) is 12.2 Å². The van der Waals surface area contributed by atoms with Crippen molar-refractivity contribution in [1.29, 1.82) is 0 Å². The van der Waals surface area contributed by atoms with Crippen LogP contribution in [0.15, 0.2) is 12.2 Å². The van der Waals surface area contributed by atoms with Crippen LogP contribution in [0.5, 0.6) is 0 Å². The fraction of sp³-hybridized carbons (Fsp3) is 0.667. The molecule has 1 aliphatic carbocycles. The van der Waals surface area contributed by atoms with Gasteiger partial charge >= 0.3 is 5.97 Å². The lowest BCUT2D eigenvalue weighted by Crippen LogP contribution is -2.30. The molecule has 0 radical (unpaired) electrons. The number of carbonyl (C=O) groups is 1. The number of rotatable bonds is 2. The predicted octanol–water partition coefficient (Wildman–Crippen LogP) is 0.877. The van der Waals surface area contributed by atoms with Gasteiger partial charge in [0, 0.05) is 0 Å². The van der Waals surface area contributed by atoms with Crippen molar-refractivity contribution in [2.75, 3.05) is 6.61 Å². The number of aliphatic hydroxyl groups is 1. The molecule has 0 heterocycles. The fourth-order valence-corrected chi connectivity index (χ4v) is 1.32. The van der Waals surface area contributed by atoms with Crippen molar-refractivity contribution in [3.63, 3.8) is 0 Å². The highest BCUT2D eigenvalue weighted by molar-refractivity contribution is 5.73. The van der Waals surface area contributed by atoms with Gasteiger partial charge < -0.3 is 9.84 Å². The Morgan fingerprint density at radius 3 is 3.08 bits per heavy atom. The summed E-state index contributed by atoms with van der Waals surface area (Å²) >= 11 is 0. The van der Waals surface area contributed by atoms with Crippen molar-refractivity contribution in [1.82, 2.24) is 0 Å². The van der Waals surface area contributed by atoms with Crippen LogP contribution in [0.1, 0.15) is 19.8 Å². The number of hydrogen-bond acceptors (Lipinski definition) is 3. The lowest BCUT2D eigenvalue weighted by molar-refractivity contribution is -0.151. The first-order chi connectivity index (χ1) is 5.75. The third kappa shape index (κ3) is 2.08. The maximum atomic E-state index is 11.2. The number of esters is 1. The van der Waals surface area contributed by atoms with Crippen LogP contribution in [0.25, 0.3) is 0 Å². The molecule has 2 atom stereocenters. The maximum absolute atomic E-state index is 11.2. The summed E-state index contributed by atoms with van der Waals surface area (Å²) in [5, 5.41) is 9.38. The average Bonchev–Trinajstić information content (AvgIpc) is 2.05. The van der Waals surface area contributed by atoms with E-state index in [2.05, 4.69) is 0 Å². The molecule has 12 heavy (non-hydrogen) atoms. The number of hydrogen-bond donors (Lipinski definition) is 1. The van der Waals surface area contributed by atoms with Crippen molar-refractivity contribution in [3.8, 4) is 0 Å². The van der Waals surface area contributed by atoms with Crippen molar-refractivity contribution >= 4 is 5.97 Å². The molecule has 3 heteroatoms. The van der Waals surface area contributed by atoms with Crippen molar-refractivity contribution in [2.45, 2.75) is 25.9 Å². The van der Waals surface area contributed by atoms with E-state index in [9.17, 15) is 9.90 Å². The van der Waals surface area contributed by atoms with E-state index < -0.39 is 6.10 Å². The molecule has 0 aromatic heterocycles. The number of aliphatic hydroxyl groups excluding tert-OH is 1. The summed E-state index contributed by atoms with van der Waals surface area (Å²) in [6.07, 6.45) is 4.43. The van der Waals surface area contributed by atoms with Crippen LogP contribution in [0, 0.1) is 5.92 Å². The summed E-state index contributed by atoms with van der Waals surface area (Å²) in [5.74, 6) is -0.635. The van der Waals surface area contributed by atoms with E-state index in [0.717, 1.165) is 6.42 Å². The molecule has 3 nitrogen and oxygen atoms in total. The molecular weight excluding hydrogens is 156 g/mol. The van der Waals surface area contributed by atoms with Crippen LogP contribution in [0.4, 0.5) is 0 Å². The second-order valence-corrected chi connectivity index (χ2v) is 2.85. The summed E-state index contributed by atoms with van der Waals surface area (Å²) < 4.78 is 4.82. The van der Waals surface area contributed by atoms with Crippen LogP contribution in [-0.2, 0) is 9.53 Å². The lowest BCUT2D eigenvalue weighted by Gasteiger charge is -2.21. The van der Waals surface area contributed by atoms with Crippen LogP contribution < -0.4 is 0 Å². The van der Waals surface area contributed by atoms with E-state index in [-0.39, 0.29) is 11.9 Å². The minimum atomic E-state index is -0.655. The number of ether oxygens (including phenoxy) is 1. The highest BCUT2D eigenvalue weighted by atomic mass is 16.5. The van der Waals surface area contributed by atoms with Crippen molar-refractivity contribution in [3.05, 3.63) is 12.2 Å². The van der Waals surface area contributed by atoms with Gasteiger partial charge in [-0.3, -0.25) is 4.79 Å². The first kappa shape index (κ1) is 9.26. The van der Waals surface area contributed by atoms with E-state index in [1.54, 1.807) is 13.0 Å².